The van der Waals surface area contributed by atoms with E-state index in [9.17, 15) is 14.4 Å². The zero-order valence-corrected chi connectivity index (χ0v) is 12.7. The van der Waals surface area contributed by atoms with Crippen molar-refractivity contribution in [3.8, 4) is 0 Å². The highest BCUT2D eigenvalue weighted by atomic mass is 16.4. The third-order valence-electron chi connectivity index (χ3n) is 4.32. The first kappa shape index (κ1) is 15.2. The van der Waals surface area contributed by atoms with E-state index >= 15 is 0 Å². The molecule has 0 unspecified atom stereocenters. The van der Waals surface area contributed by atoms with Gasteiger partial charge in [-0.25, -0.2) is 4.98 Å². The summed E-state index contributed by atoms with van der Waals surface area (Å²) in [6.45, 7) is 2.27. The number of aromatic nitrogens is 2. The fourth-order valence-corrected chi connectivity index (χ4v) is 2.96. The molecule has 7 heteroatoms. The Morgan fingerprint density at radius 2 is 2.04 bits per heavy atom. The monoisotopic (exact) mass is 315 g/mol. The van der Waals surface area contributed by atoms with Crippen LogP contribution >= 0.6 is 0 Å². The van der Waals surface area contributed by atoms with Gasteiger partial charge in [0.25, 0.3) is 5.56 Å². The summed E-state index contributed by atoms with van der Waals surface area (Å²) in [5.41, 5.74) is 0.313. The Morgan fingerprint density at radius 1 is 1.30 bits per heavy atom. The predicted octanol–water partition coefficient (Wildman–Crippen LogP) is 0.576. The maximum atomic E-state index is 12.4. The highest BCUT2D eigenvalue weighted by Crippen LogP contribution is 2.23. The molecule has 1 aliphatic rings. The van der Waals surface area contributed by atoms with Crippen molar-refractivity contribution in [1.29, 1.82) is 0 Å². The Bertz CT molecular complexity index is 829. The van der Waals surface area contributed by atoms with E-state index in [1.165, 1.54) is 15.8 Å². The molecular formula is C16H17N3O4. The first-order chi connectivity index (χ1) is 11.0. The van der Waals surface area contributed by atoms with Crippen molar-refractivity contribution in [3.63, 3.8) is 0 Å². The van der Waals surface area contributed by atoms with E-state index in [2.05, 4.69) is 4.98 Å². The molecule has 23 heavy (non-hydrogen) atoms. The molecule has 2 heterocycles. The molecule has 1 aliphatic heterocycles. The summed E-state index contributed by atoms with van der Waals surface area (Å²) in [6, 6.07) is 6.95. The molecule has 120 valence electrons. The highest BCUT2D eigenvalue weighted by Gasteiger charge is 2.36. The van der Waals surface area contributed by atoms with Gasteiger partial charge >= 0.3 is 5.97 Å². The molecule has 0 spiro atoms. The molecule has 1 aromatic heterocycles. The number of aliphatic carboxylic acids is 1. The van der Waals surface area contributed by atoms with E-state index in [-0.39, 0.29) is 30.5 Å². The number of rotatable bonds is 3. The van der Waals surface area contributed by atoms with E-state index in [0.717, 1.165) is 0 Å². The number of hydrogen-bond donors (Lipinski definition) is 1. The van der Waals surface area contributed by atoms with Crippen molar-refractivity contribution in [2.45, 2.75) is 13.5 Å². The minimum absolute atomic E-state index is 0.0945. The Kier molecular flexibility index (Phi) is 3.85. The van der Waals surface area contributed by atoms with Gasteiger partial charge in [-0.2, -0.15) is 0 Å². The first-order valence-electron chi connectivity index (χ1n) is 7.42. The largest absolute Gasteiger partial charge is 0.481 e. The van der Waals surface area contributed by atoms with Crippen molar-refractivity contribution < 1.29 is 14.7 Å². The molecule has 1 amide bonds. The van der Waals surface area contributed by atoms with Crippen molar-refractivity contribution in [2.75, 3.05) is 13.1 Å². The molecule has 1 aromatic carbocycles. The second-order valence-corrected chi connectivity index (χ2v) is 5.92. The van der Waals surface area contributed by atoms with Gasteiger partial charge in [0.2, 0.25) is 5.91 Å². The van der Waals surface area contributed by atoms with E-state index in [4.69, 9.17) is 5.11 Å². The molecule has 0 saturated carbocycles. The lowest BCUT2D eigenvalue weighted by atomic mass is 9.99. The zero-order chi connectivity index (χ0) is 16.6. The summed E-state index contributed by atoms with van der Waals surface area (Å²) in [5.74, 6) is -1.80. The molecule has 3 rings (SSSR count). The Balaban J connectivity index is 1.80. The third kappa shape index (κ3) is 2.81. The van der Waals surface area contributed by atoms with Gasteiger partial charge in [-0.3, -0.25) is 19.0 Å². The fraction of sp³-hybridized carbons (Fsp3) is 0.375. The maximum absolute atomic E-state index is 12.4. The van der Waals surface area contributed by atoms with E-state index in [0.29, 0.717) is 17.4 Å². The number of para-hydroxylation sites is 1. The summed E-state index contributed by atoms with van der Waals surface area (Å²) < 4.78 is 1.27. The lowest BCUT2D eigenvalue weighted by Gasteiger charge is -2.16. The van der Waals surface area contributed by atoms with E-state index in [1.54, 1.807) is 24.3 Å². The smallest absolute Gasteiger partial charge is 0.308 e. The van der Waals surface area contributed by atoms with E-state index in [1.807, 2.05) is 6.92 Å². The minimum Gasteiger partial charge on any atom is -0.481 e. The first-order valence-corrected chi connectivity index (χ1v) is 7.42. The lowest BCUT2D eigenvalue weighted by Crippen LogP contribution is -2.35. The van der Waals surface area contributed by atoms with Crippen LogP contribution in [-0.4, -0.2) is 44.5 Å². The number of carbonyl (C=O) groups excluding carboxylic acids is 1. The average Bonchev–Trinajstić information content (AvgIpc) is 2.92. The van der Waals surface area contributed by atoms with Gasteiger partial charge in [0, 0.05) is 13.1 Å². The van der Waals surface area contributed by atoms with Crippen LogP contribution < -0.4 is 5.56 Å². The Morgan fingerprint density at radius 3 is 2.74 bits per heavy atom. The van der Waals surface area contributed by atoms with Crippen LogP contribution in [0, 0.1) is 11.8 Å². The molecule has 7 nitrogen and oxygen atoms in total. The van der Waals surface area contributed by atoms with Crippen LogP contribution in [0.15, 0.2) is 35.4 Å². The number of nitrogens with zero attached hydrogens (tertiary/aromatic N) is 3. The number of carbonyl (C=O) groups is 2. The zero-order valence-electron chi connectivity index (χ0n) is 12.7. The minimum atomic E-state index is -0.891. The number of fused-ring (bicyclic) bond motifs is 1. The van der Waals surface area contributed by atoms with Crippen molar-refractivity contribution in [3.05, 3.63) is 40.9 Å². The molecule has 1 saturated heterocycles. The SMILES string of the molecule is C[C@@H]1CN(C(=O)Cn2cnc3ccccc3c2=O)C[C@H]1C(=O)O. The van der Waals surface area contributed by atoms with Gasteiger partial charge in [0.15, 0.2) is 0 Å². The van der Waals surface area contributed by atoms with Crippen molar-refractivity contribution in [2.24, 2.45) is 11.8 Å². The topological polar surface area (TPSA) is 92.5 Å². The standard InChI is InChI=1S/C16H17N3O4/c1-10-6-18(7-12(10)16(22)23)14(20)8-19-9-17-13-5-3-2-4-11(13)15(19)21/h2-5,9-10,12H,6-8H2,1H3,(H,22,23)/t10-,12-/m1/s1. The normalized spacial score (nSPS) is 20.8. The summed E-state index contributed by atoms with van der Waals surface area (Å²) in [7, 11) is 0. The van der Waals surface area contributed by atoms with Gasteiger partial charge < -0.3 is 10.0 Å². The molecule has 0 radical (unpaired) electrons. The van der Waals surface area contributed by atoms with Gasteiger partial charge in [-0.05, 0) is 18.1 Å². The lowest BCUT2D eigenvalue weighted by molar-refractivity contribution is -0.142. The summed E-state index contributed by atoms with van der Waals surface area (Å²) in [4.78, 5) is 41.6. The second kappa shape index (κ2) is 5.83. The highest BCUT2D eigenvalue weighted by molar-refractivity contribution is 5.80. The Hall–Kier alpha value is -2.70. The van der Waals surface area contributed by atoms with Gasteiger partial charge in [0.05, 0.1) is 23.1 Å². The molecule has 1 N–H and O–H groups in total. The number of benzene rings is 1. The van der Waals surface area contributed by atoms with Gasteiger partial charge in [-0.1, -0.05) is 19.1 Å². The fourth-order valence-electron chi connectivity index (χ4n) is 2.96. The molecule has 0 aliphatic carbocycles. The number of carboxylic acids is 1. The molecule has 2 aromatic rings. The van der Waals surface area contributed by atoms with Crippen molar-refractivity contribution >= 4 is 22.8 Å². The van der Waals surface area contributed by atoms with Crippen LogP contribution in [-0.2, 0) is 16.1 Å². The summed E-state index contributed by atoms with van der Waals surface area (Å²) in [6.07, 6.45) is 1.36. The predicted molar refractivity (Wildman–Crippen MR) is 82.9 cm³/mol. The maximum Gasteiger partial charge on any atom is 0.308 e. The van der Waals surface area contributed by atoms with E-state index < -0.39 is 11.9 Å². The summed E-state index contributed by atoms with van der Waals surface area (Å²) in [5, 5.41) is 9.59. The number of hydrogen-bond acceptors (Lipinski definition) is 4. The van der Waals surface area contributed by atoms with Crippen LogP contribution in [0.25, 0.3) is 10.9 Å². The Labute approximate surface area is 132 Å². The molecule has 0 bridgehead atoms. The van der Waals surface area contributed by atoms with Crippen LogP contribution in [0.4, 0.5) is 0 Å². The quantitative estimate of drug-likeness (QED) is 0.894. The third-order valence-corrected chi connectivity index (χ3v) is 4.32. The number of likely N-dealkylation sites (tertiary alicyclic amines) is 1. The van der Waals surface area contributed by atoms with Gasteiger partial charge in [0.1, 0.15) is 6.54 Å². The number of amides is 1. The van der Waals surface area contributed by atoms with Crippen molar-refractivity contribution in [1.82, 2.24) is 14.5 Å². The van der Waals surface area contributed by atoms with Crippen LogP contribution in [0.5, 0.6) is 0 Å². The van der Waals surface area contributed by atoms with Gasteiger partial charge in [-0.15, -0.1) is 0 Å². The van der Waals surface area contributed by atoms with Crippen LogP contribution in [0.2, 0.25) is 0 Å². The summed E-state index contributed by atoms with van der Waals surface area (Å²) >= 11 is 0. The second-order valence-electron chi connectivity index (χ2n) is 5.92. The van der Waals surface area contributed by atoms with Crippen LogP contribution in [0.1, 0.15) is 6.92 Å². The molecule has 2 atom stereocenters. The molecular weight excluding hydrogens is 298 g/mol. The molecule has 1 fully saturated rings. The van der Waals surface area contributed by atoms with Crippen LogP contribution in [0.3, 0.4) is 0 Å². The average molecular weight is 315 g/mol. The number of carboxylic acid groups (broad SMARTS) is 1.